The number of allylic oxidation sites excluding steroid dienone is 1. The number of hydrogen-bond donors (Lipinski definition) is 1. The second-order valence-electron chi connectivity index (χ2n) is 8.54. The van der Waals surface area contributed by atoms with E-state index in [9.17, 15) is 24.3 Å². The molecule has 206 valence electrons. The SMILES string of the molecule is CCCCN1/C(=C/C=c2/s/c(=C3\SC(=S)N(CC)C3=O)n(CC(=O)O)c2=O)Sc2ccc(OC(=O)CC)cc21. The van der Waals surface area contributed by atoms with Gasteiger partial charge < -0.3 is 14.7 Å². The summed E-state index contributed by atoms with van der Waals surface area (Å²) in [6.45, 7) is 6.20. The quantitative estimate of drug-likeness (QED) is 0.260. The highest BCUT2D eigenvalue weighted by Crippen LogP contribution is 2.47. The smallest absolute Gasteiger partial charge is 0.323 e. The highest BCUT2D eigenvalue weighted by atomic mass is 32.2. The molecule has 1 aromatic carbocycles. The number of ether oxygens (including phenoxy) is 1. The van der Waals surface area contributed by atoms with Crippen molar-refractivity contribution in [2.24, 2.45) is 0 Å². The Balaban J connectivity index is 1.79. The minimum absolute atomic E-state index is 0.263. The van der Waals surface area contributed by atoms with Crippen molar-refractivity contribution in [2.75, 3.05) is 18.0 Å². The molecule has 1 saturated heterocycles. The zero-order chi connectivity index (χ0) is 28.3. The number of unbranched alkanes of at least 4 members (excludes halogenated alkanes) is 1. The molecule has 2 aliphatic rings. The predicted molar refractivity (Wildman–Crippen MR) is 159 cm³/mol. The highest BCUT2D eigenvalue weighted by molar-refractivity contribution is 8.30. The van der Waals surface area contributed by atoms with Gasteiger partial charge in [0, 0.05) is 30.5 Å². The van der Waals surface area contributed by atoms with Crippen molar-refractivity contribution in [3.8, 4) is 5.75 Å². The molecule has 0 radical (unpaired) electrons. The van der Waals surface area contributed by atoms with Gasteiger partial charge in [-0.1, -0.05) is 56.0 Å². The van der Waals surface area contributed by atoms with E-state index < -0.39 is 18.1 Å². The first-order valence-electron chi connectivity index (χ1n) is 12.4. The average Bonchev–Trinajstić information content (AvgIpc) is 3.51. The number of nitrogens with zero attached hydrogens (tertiary/aromatic N) is 3. The van der Waals surface area contributed by atoms with Gasteiger partial charge in [-0.15, -0.1) is 11.3 Å². The number of amides is 1. The monoisotopic (exact) mass is 605 g/mol. The fourth-order valence-electron chi connectivity index (χ4n) is 3.95. The fourth-order valence-corrected chi connectivity index (χ4v) is 7.60. The van der Waals surface area contributed by atoms with Crippen LogP contribution in [-0.2, 0) is 20.9 Å². The molecule has 39 heavy (non-hydrogen) atoms. The molecule has 0 atom stereocenters. The third-order valence-electron chi connectivity index (χ3n) is 5.90. The number of benzene rings is 1. The maximum Gasteiger partial charge on any atom is 0.323 e. The van der Waals surface area contributed by atoms with Crippen LogP contribution in [0.2, 0.25) is 0 Å². The number of carboxylic acids is 1. The number of hydrogen-bond acceptors (Lipinski definition) is 10. The third-order valence-corrected chi connectivity index (χ3v) is 9.74. The summed E-state index contributed by atoms with van der Waals surface area (Å²) in [5, 5.41) is 10.3. The summed E-state index contributed by atoms with van der Waals surface area (Å²) in [6, 6.07) is 5.51. The van der Waals surface area contributed by atoms with Crippen LogP contribution < -0.4 is 24.4 Å². The van der Waals surface area contributed by atoms with Crippen LogP contribution in [0.5, 0.6) is 5.75 Å². The summed E-state index contributed by atoms with van der Waals surface area (Å²) in [6.07, 6.45) is 5.68. The first-order valence-corrected chi connectivity index (χ1v) is 15.3. The van der Waals surface area contributed by atoms with Gasteiger partial charge in [-0.25, -0.2) is 0 Å². The Morgan fingerprint density at radius 1 is 1.10 bits per heavy atom. The van der Waals surface area contributed by atoms with Gasteiger partial charge in [-0.05, 0) is 37.6 Å². The molecular weight excluding hydrogens is 579 g/mol. The second-order valence-corrected chi connectivity index (χ2v) is 12.3. The number of aromatic nitrogens is 1. The maximum absolute atomic E-state index is 13.3. The van der Waals surface area contributed by atoms with E-state index in [0.29, 0.717) is 21.1 Å². The van der Waals surface area contributed by atoms with Crippen LogP contribution in [0.25, 0.3) is 11.0 Å². The number of thioether (sulfide) groups is 2. The molecule has 0 aliphatic carbocycles. The van der Waals surface area contributed by atoms with Gasteiger partial charge in [0.1, 0.15) is 26.2 Å². The number of esters is 1. The number of rotatable bonds is 9. The van der Waals surface area contributed by atoms with Crippen molar-refractivity contribution in [3.63, 3.8) is 0 Å². The van der Waals surface area contributed by atoms with Crippen molar-refractivity contribution in [1.82, 2.24) is 9.47 Å². The van der Waals surface area contributed by atoms with E-state index in [0.717, 1.165) is 62.7 Å². The number of carbonyl (C=O) groups excluding carboxylic acids is 2. The minimum Gasteiger partial charge on any atom is -0.480 e. The molecule has 2 aliphatic heterocycles. The van der Waals surface area contributed by atoms with Crippen LogP contribution in [0.1, 0.15) is 40.0 Å². The third kappa shape index (κ3) is 6.16. The van der Waals surface area contributed by atoms with Crippen LogP contribution in [0.4, 0.5) is 5.69 Å². The molecule has 9 nitrogen and oxygen atoms in total. The van der Waals surface area contributed by atoms with Gasteiger partial charge in [-0.2, -0.15) is 0 Å². The van der Waals surface area contributed by atoms with E-state index in [4.69, 9.17) is 17.0 Å². The minimum atomic E-state index is -1.18. The van der Waals surface area contributed by atoms with Gasteiger partial charge >= 0.3 is 11.9 Å². The molecule has 4 rings (SSSR count). The lowest BCUT2D eigenvalue weighted by molar-refractivity contribution is -0.138. The number of fused-ring (bicyclic) bond motifs is 1. The Hall–Kier alpha value is -2.87. The largest absolute Gasteiger partial charge is 0.480 e. The molecule has 0 bridgehead atoms. The number of aliphatic carboxylic acids is 1. The van der Waals surface area contributed by atoms with Crippen LogP contribution in [0.3, 0.4) is 0 Å². The van der Waals surface area contributed by atoms with E-state index >= 15 is 0 Å². The fraction of sp³-hybridized carbons (Fsp3) is 0.346. The van der Waals surface area contributed by atoms with Crippen LogP contribution in [0.15, 0.2) is 39.0 Å². The molecule has 1 aromatic heterocycles. The molecule has 1 fully saturated rings. The lowest BCUT2D eigenvalue weighted by Crippen LogP contribution is -2.35. The summed E-state index contributed by atoms with van der Waals surface area (Å²) in [5.74, 6) is -1.35. The summed E-state index contributed by atoms with van der Waals surface area (Å²) >= 11 is 9.00. The molecule has 1 N–H and O–H groups in total. The second kappa shape index (κ2) is 12.5. The Labute approximate surface area is 242 Å². The summed E-state index contributed by atoms with van der Waals surface area (Å²) in [4.78, 5) is 54.4. The van der Waals surface area contributed by atoms with Crippen LogP contribution >= 0.6 is 47.1 Å². The van der Waals surface area contributed by atoms with Crippen molar-refractivity contribution in [3.05, 3.63) is 48.9 Å². The molecule has 3 heterocycles. The van der Waals surface area contributed by atoms with Crippen molar-refractivity contribution in [2.45, 2.75) is 51.5 Å². The first-order chi connectivity index (χ1) is 18.7. The number of anilines is 1. The Bertz CT molecular complexity index is 1560. The van der Waals surface area contributed by atoms with Gasteiger partial charge in [0.2, 0.25) is 0 Å². The van der Waals surface area contributed by atoms with Crippen molar-refractivity contribution >= 4 is 85.9 Å². The van der Waals surface area contributed by atoms with E-state index in [1.54, 1.807) is 26.0 Å². The standard InChI is InChI=1S/C26H27N3O6S4/c1-4-7-12-28-16-13-15(35-21(32)5-2)8-9-17(16)37-19(28)11-10-18-23(33)29(14-20(30)31)25(38-18)22-24(34)27(6-3)26(36)39-22/h8-11,13H,4-7,12,14H2,1-3H3,(H,30,31)/b18-10+,19-11-,25-22-. The Kier molecular flexibility index (Phi) is 9.36. The Morgan fingerprint density at radius 2 is 1.87 bits per heavy atom. The maximum atomic E-state index is 13.3. The zero-order valence-corrected chi connectivity index (χ0v) is 24.9. The molecule has 0 spiro atoms. The zero-order valence-electron chi connectivity index (χ0n) is 21.6. The molecule has 13 heteroatoms. The van der Waals surface area contributed by atoms with E-state index in [2.05, 4.69) is 11.8 Å². The molecule has 2 aromatic rings. The normalized spacial score (nSPS) is 17.9. The van der Waals surface area contributed by atoms with E-state index in [-0.39, 0.29) is 27.9 Å². The van der Waals surface area contributed by atoms with Crippen LogP contribution in [-0.4, -0.2) is 49.8 Å². The van der Waals surface area contributed by atoms with Crippen molar-refractivity contribution < 1.29 is 24.2 Å². The van der Waals surface area contributed by atoms with Gasteiger partial charge in [0.25, 0.3) is 11.5 Å². The average molecular weight is 606 g/mol. The van der Waals surface area contributed by atoms with Gasteiger partial charge in [0.15, 0.2) is 0 Å². The summed E-state index contributed by atoms with van der Waals surface area (Å²) in [5.41, 5.74) is 0.437. The first kappa shape index (κ1) is 29.1. The Morgan fingerprint density at radius 3 is 2.51 bits per heavy atom. The van der Waals surface area contributed by atoms with Crippen molar-refractivity contribution in [1.29, 1.82) is 0 Å². The number of carboxylic acid groups (broad SMARTS) is 1. The molecule has 0 saturated carbocycles. The number of thiocarbonyl (C=S) groups is 1. The van der Waals surface area contributed by atoms with Crippen LogP contribution in [0, 0.1) is 0 Å². The summed E-state index contributed by atoms with van der Waals surface area (Å²) < 4.78 is 7.51. The number of thiazole rings is 1. The van der Waals surface area contributed by atoms with Gasteiger partial charge in [0.05, 0.1) is 15.2 Å². The summed E-state index contributed by atoms with van der Waals surface area (Å²) in [7, 11) is 0. The van der Waals surface area contributed by atoms with Gasteiger partial charge in [-0.3, -0.25) is 28.6 Å². The van der Waals surface area contributed by atoms with E-state index in [1.807, 2.05) is 18.2 Å². The van der Waals surface area contributed by atoms with E-state index in [1.165, 1.54) is 16.7 Å². The lowest BCUT2D eigenvalue weighted by Gasteiger charge is -2.20. The predicted octanol–water partition coefficient (Wildman–Crippen LogP) is 3.33. The highest BCUT2D eigenvalue weighted by Gasteiger charge is 2.33. The molecule has 0 unspecified atom stereocenters. The molecular formula is C26H27N3O6S4. The molecule has 1 amide bonds. The lowest BCUT2D eigenvalue weighted by atomic mass is 10.2. The number of carbonyl (C=O) groups is 3. The topological polar surface area (TPSA) is 109 Å².